The van der Waals surface area contributed by atoms with Crippen LogP contribution in [0.1, 0.15) is 45.5 Å². The predicted molar refractivity (Wildman–Crippen MR) is 107 cm³/mol. The maximum absolute atomic E-state index is 14.0. The molecule has 29 heavy (non-hydrogen) atoms. The molecular weight excluding hydrogens is 397 g/mol. The van der Waals surface area contributed by atoms with E-state index < -0.39 is 27.7 Å². The third-order valence-electron chi connectivity index (χ3n) is 4.88. The molecular formula is C20H22FN3O4S. The molecule has 154 valence electrons. The van der Waals surface area contributed by atoms with Gasteiger partial charge in [0, 0.05) is 24.2 Å². The first-order valence-electron chi connectivity index (χ1n) is 9.21. The summed E-state index contributed by atoms with van der Waals surface area (Å²) in [6.07, 6.45) is 2.59. The Labute approximate surface area is 168 Å². The third kappa shape index (κ3) is 4.46. The Morgan fingerprint density at radius 2 is 1.69 bits per heavy atom. The SMILES string of the molecule is Cc1ccc(C(=O)Nc2cc(C(N)=O)ccc2F)cc1S(=O)(=O)N1CCCCC1. The third-order valence-corrected chi connectivity index (χ3v) is 6.92. The number of carbonyl (C=O) groups excluding carboxylic acids is 2. The lowest BCUT2D eigenvalue weighted by molar-refractivity contribution is 0.0996. The average Bonchev–Trinajstić information content (AvgIpc) is 2.70. The van der Waals surface area contributed by atoms with E-state index in [0.717, 1.165) is 31.4 Å². The fraction of sp³-hybridized carbons (Fsp3) is 0.300. The number of anilines is 1. The summed E-state index contributed by atoms with van der Waals surface area (Å²) in [5.41, 5.74) is 5.60. The minimum atomic E-state index is -3.73. The van der Waals surface area contributed by atoms with Gasteiger partial charge in [-0.1, -0.05) is 12.5 Å². The van der Waals surface area contributed by atoms with Gasteiger partial charge in [0.25, 0.3) is 5.91 Å². The van der Waals surface area contributed by atoms with Gasteiger partial charge < -0.3 is 11.1 Å². The molecule has 0 saturated carbocycles. The summed E-state index contributed by atoms with van der Waals surface area (Å²) in [6.45, 7) is 2.56. The zero-order valence-electron chi connectivity index (χ0n) is 15.9. The highest BCUT2D eigenvalue weighted by atomic mass is 32.2. The number of primary amides is 1. The summed E-state index contributed by atoms with van der Waals surface area (Å²) in [5, 5.41) is 2.37. The molecule has 1 saturated heterocycles. The number of nitrogens with one attached hydrogen (secondary N) is 1. The van der Waals surface area contributed by atoms with Crippen LogP contribution in [0.15, 0.2) is 41.3 Å². The van der Waals surface area contributed by atoms with Crippen LogP contribution in [0.5, 0.6) is 0 Å². The maximum Gasteiger partial charge on any atom is 0.255 e. The van der Waals surface area contributed by atoms with Crippen LogP contribution >= 0.6 is 0 Å². The molecule has 0 bridgehead atoms. The van der Waals surface area contributed by atoms with Gasteiger partial charge in [0.05, 0.1) is 10.6 Å². The molecule has 0 radical (unpaired) electrons. The number of rotatable bonds is 5. The van der Waals surface area contributed by atoms with Crippen LogP contribution in [0, 0.1) is 12.7 Å². The molecule has 2 aromatic carbocycles. The maximum atomic E-state index is 14.0. The highest BCUT2D eigenvalue weighted by molar-refractivity contribution is 7.89. The first kappa shape index (κ1) is 20.9. The lowest BCUT2D eigenvalue weighted by atomic mass is 10.1. The van der Waals surface area contributed by atoms with E-state index in [1.807, 2.05) is 0 Å². The van der Waals surface area contributed by atoms with Crippen LogP contribution in [-0.2, 0) is 10.0 Å². The number of amides is 2. The minimum Gasteiger partial charge on any atom is -0.366 e. The number of benzene rings is 2. The molecule has 1 heterocycles. The topological polar surface area (TPSA) is 110 Å². The second-order valence-electron chi connectivity index (χ2n) is 6.96. The van der Waals surface area contributed by atoms with E-state index in [9.17, 15) is 22.4 Å². The number of hydrogen-bond acceptors (Lipinski definition) is 4. The van der Waals surface area contributed by atoms with Gasteiger partial charge in [0.1, 0.15) is 5.82 Å². The zero-order valence-corrected chi connectivity index (χ0v) is 16.8. The number of aryl methyl sites for hydroxylation is 1. The summed E-state index contributed by atoms with van der Waals surface area (Å²) < 4.78 is 41.4. The lowest BCUT2D eigenvalue weighted by Crippen LogP contribution is -2.36. The Morgan fingerprint density at radius 3 is 2.34 bits per heavy atom. The van der Waals surface area contributed by atoms with E-state index in [1.54, 1.807) is 13.0 Å². The average molecular weight is 419 g/mol. The van der Waals surface area contributed by atoms with Gasteiger partial charge in [-0.15, -0.1) is 0 Å². The van der Waals surface area contributed by atoms with Crippen molar-refractivity contribution in [3.8, 4) is 0 Å². The van der Waals surface area contributed by atoms with Crippen molar-refractivity contribution in [3.63, 3.8) is 0 Å². The van der Waals surface area contributed by atoms with Gasteiger partial charge >= 0.3 is 0 Å². The summed E-state index contributed by atoms with van der Waals surface area (Å²) >= 11 is 0. The molecule has 3 rings (SSSR count). The fourth-order valence-corrected chi connectivity index (χ4v) is 5.00. The van der Waals surface area contributed by atoms with Crippen LogP contribution in [0.3, 0.4) is 0 Å². The number of piperidine rings is 1. The monoisotopic (exact) mass is 419 g/mol. The van der Waals surface area contributed by atoms with Crippen molar-refractivity contribution in [3.05, 3.63) is 58.9 Å². The summed E-state index contributed by atoms with van der Waals surface area (Å²) in [7, 11) is -3.73. The second kappa shape index (κ2) is 8.30. The van der Waals surface area contributed by atoms with E-state index in [0.29, 0.717) is 18.7 Å². The largest absolute Gasteiger partial charge is 0.366 e. The zero-order chi connectivity index (χ0) is 21.2. The molecule has 1 aliphatic rings. The van der Waals surface area contributed by atoms with Crippen molar-refractivity contribution < 1.29 is 22.4 Å². The van der Waals surface area contributed by atoms with Crippen molar-refractivity contribution in [2.45, 2.75) is 31.1 Å². The molecule has 2 amide bonds. The predicted octanol–water partition coefficient (Wildman–Crippen LogP) is 2.66. The number of nitrogens with two attached hydrogens (primary N) is 1. The van der Waals surface area contributed by atoms with E-state index in [1.165, 1.54) is 22.5 Å². The van der Waals surface area contributed by atoms with Crippen LogP contribution < -0.4 is 11.1 Å². The van der Waals surface area contributed by atoms with Gasteiger partial charge in [0.2, 0.25) is 15.9 Å². The van der Waals surface area contributed by atoms with Gasteiger partial charge in [-0.05, 0) is 55.7 Å². The van der Waals surface area contributed by atoms with Crippen LogP contribution in [0.25, 0.3) is 0 Å². The molecule has 0 unspecified atom stereocenters. The number of nitrogens with zero attached hydrogens (tertiary/aromatic N) is 1. The first-order chi connectivity index (χ1) is 13.7. The van der Waals surface area contributed by atoms with Crippen molar-refractivity contribution >= 4 is 27.5 Å². The Morgan fingerprint density at radius 1 is 1.03 bits per heavy atom. The number of sulfonamides is 1. The van der Waals surface area contributed by atoms with E-state index >= 15 is 0 Å². The molecule has 0 atom stereocenters. The molecule has 7 nitrogen and oxygen atoms in total. The molecule has 0 aliphatic carbocycles. The Bertz CT molecular complexity index is 1060. The first-order valence-corrected chi connectivity index (χ1v) is 10.7. The summed E-state index contributed by atoms with van der Waals surface area (Å²) in [4.78, 5) is 23.9. The number of halogens is 1. The van der Waals surface area contributed by atoms with Crippen LogP contribution in [0.2, 0.25) is 0 Å². The van der Waals surface area contributed by atoms with Gasteiger partial charge in [0.15, 0.2) is 0 Å². The van der Waals surface area contributed by atoms with Crippen molar-refractivity contribution in [1.29, 1.82) is 0 Å². The van der Waals surface area contributed by atoms with E-state index in [-0.39, 0.29) is 21.7 Å². The van der Waals surface area contributed by atoms with Gasteiger partial charge in [-0.3, -0.25) is 9.59 Å². The van der Waals surface area contributed by atoms with E-state index in [2.05, 4.69) is 5.32 Å². The molecule has 0 spiro atoms. The van der Waals surface area contributed by atoms with Gasteiger partial charge in [-0.2, -0.15) is 4.31 Å². The molecule has 2 aromatic rings. The Balaban J connectivity index is 1.90. The molecule has 0 aromatic heterocycles. The Hall–Kier alpha value is -2.78. The highest BCUT2D eigenvalue weighted by Gasteiger charge is 2.28. The Kier molecular flexibility index (Phi) is 5.99. The van der Waals surface area contributed by atoms with Crippen molar-refractivity contribution in [1.82, 2.24) is 4.31 Å². The second-order valence-corrected chi connectivity index (χ2v) is 8.86. The van der Waals surface area contributed by atoms with Crippen molar-refractivity contribution in [2.24, 2.45) is 5.73 Å². The normalized spacial score (nSPS) is 15.1. The number of hydrogen-bond donors (Lipinski definition) is 2. The highest BCUT2D eigenvalue weighted by Crippen LogP contribution is 2.25. The quantitative estimate of drug-likeness (QED) is 0.776. The molecule has 1 aliphatic heterocycles. The molecule has 3 N–H and O–H groups in total. The summed E-state index contributed by atoms with van der Waals surface area (Å²) in [5.74, 6) is -2.19. The molecule has 1 fully saturated rings. The minimum absolute atomic E-state index is 0.0407. The fourth-order valence-electron chi connectivity index (χ4n) is 3.23. The number of carbonyl (C=O) groups is 2. The van der Waals surface area contributed by atoms with Crippen molar-refractivity contribution in [2.75, 3.05) is 18.4 Å². The lowest BCUT2D eigenvalue weighted by Gasteiger charge is -2.26. The van der Waals surface area contributed by atoms with Gasteiger partial charge in [-0.25, -0.2) is 12.8 Å². The summed E-state index contributed by atoms with van der Waals surface area (Å²) in [6, 6.07) is 7.68. The standard InChI is InChI=1S/C20H22FN3O4S/c1-13-5-6-15(12-18(13)29(27,28)24-9-3-2-4-10-24)20(26)23-17-11-14(19(22)25)7-8-16(17)21/h5-8,11-12H,2-4,9-10H2,1H3,(H2,22,25)(H,23,26). The molecule has 9 heteroatoms. The van der Waals surface area contributed by atoms with E-state index in [4.69, 9.17) is 5.73 Å². The van der Waals surface area contributed by atoms with Crippen LogP contribution in [0.4, 0.5) is 10.1 Å². The smallest absolute Gasteiger partial charge is 0.255 e. The van der Waals surface area contributed by atoms with Crippen LogP contribution in [-0.4, -0.2) is 37.6 Å².